The Morgan fingerprint density at radius 2 is 2.10 bits per heavy atom. The summed E-state index contributed by atoms with van der Waals surface area (Å²) in [7, 11) is 0. The first-order chi connectivity index (χ1) is 8.93. The van der Waals surface area contributed by atoms with Crippen LogP contribution in [0.2, 0.25) is 0 Å². The van der Waals surface area contributed by atoms with Crippen LogP contribution in [-0.4, -0.2) is 18.1 Å². The van der Waals surface area contributed by atoms with Gasteiger partial charge in [-0.3, -0.25) is 4.79 Å². The second-order valence-electron chi connectivity index (χ2n) is 4.69. The monoisotopic (exact) mass is 304 g/mol. The highest BCUT2D eigenvalue weighted by Gasteiger charge is 2.14. The fraction of sp³-hybridized carbons (Fsp3) is 0.500. The predicted molar refractivity (Wildman–Crippen MR) is 80.9 cm³/mol. The maximum Gasteiger partial charge on any atom is 0.241 e. The van der Waals surface area contributed by atoms with Crippen LogP contribution < -0.4 is 15.8 Å². The van der Waals surface area contributed by atoms with Gasteiger partial charge in [-0.2, -0.15) is 0 Å². The minimum absolute atomic E-state index is 0. The first-order valence-corrected chi connectivity index (χ1v) is 6.46. The van der Waals surface area contributed by atoms with Crippen molar-refractivity contribution in [1.29, 1.82) is 0 Å². The molecule has 0 aliphatic carbocycles. The van der Waals surface area contributed by atoms with Gasteiger partial charge in [0.15, 0.2) is 0 Å². The summed E-state index contributed by atoms with van der Waals surface area (Å²) in [6.07, 6.45) is 1.35. The summed E-state index contributed by atoms with van der Waals surface area (Å²) in [6.45, 7) is 5.65. The largest absolute Gasteiger partial charge is 0.491 e. The van der Waals surface area contributed by atoms with Gasteiger partial charge in [0.25, 0.3) is 0 Å². The predicted octanol–water partition coefficient (Wildman–Crippen LogP) is 3.10. The molecule has 0 aliphatic heterocycles. The molecule has 1 rings (SSSR count). The summed E-state index contributed by atoms with van der Waals surface area (Å²) >= 11 is 0. The van der Waals surface area contributed by atoms with Gasteiger partial charge < -0.3 is 15.8 Å². The number of benzene rings is 1. The molecule has 0 saturated heterocycles. The van der Waals surface area contributed by atoms with Crippen LogP contribution in [-0.2, 0) is 4.79 Å². The molecule has 0 aliphatic rings. The van der Waals surface area contributed by atoms with Gasteiger partial charge in [-0.15, -0.1) is 12.4 Å². The van der Waals surface area contributed by atoms with Gasteiger partial charge in [-0.05, 0) is 32.4 Å². The van der Waals surface area contributed by atoms with E-state index < -0.39 is 11.9 Å². The summed E-state index contributed by atoms with van der Waals surface area (Å²) in [5.41, 5.74) is 5.78. The Hall–Kier alpha value is -1.33. The zero-order valence-corrected chi connectivity index (χ0v) is 12.8. The van der Waals surface area contributed by atoms with E-state index in [-0.39, 0.29) is 30.1 Å². The first kappa shape index (κ1) is 18.7. The number of carbonyl (C=O) groups is 1. The maximum absolute atomic E-state index is 13.8. The second-order valence-corrected chi connectivity index (χ2v) is 4.69. The molecule has 1 aromatic carbocycles. The van der Waals surface area contributed by atoms with Crippen LogP contribution in [0, 0.1) is 5.82 Å². The van der Waals surface area contributed by atoms with Crippen molar-refractivity contribution in [3.05, 3.63) is 24.0 Å². The highest BCUT2D eigenvalue weighted by molar-refractivity contribution is 5.94. The minimum atomic E-state index is -0.615. The summed E-state index contributed by atoms with van der Waals surface area (Å²) < 4.78 is 19.1. The summed E-state index contributed by atoms with van der Waals surface area (Å²) in [4.78, 5) is 11.7. The lowest BCUT2D eigenvalue weighted by Gasteiger charge is -2.13. The smallest absolute Gasteiger partial charge is 0.241 e. The molecule has 0 aromatic heterocycles. The third kappa shape index (κ3) is 5.75. The van der Waals surface area contributed by atoms with Crippen LogP contribution >= 0.6 is 12.4 Å². The Labute approximate surface area is 125 Å². The molecule has 4 nitrogen and oxygen atoms in total. The molecular formula is C14H22ClFN2O2. The summed E-state index contributed by atoms with van der Waals surface area (Å²) in [5.74, 6) is -0.475. The average molecular weight is 305 g/mol. The molecule has 6 heteroatoms. The van der Waals surface area contributed by atoms with E-state index in [0.29, 0.717) is 12.2 Å². The van der Waals surface area contributed by atoms with Gasteiger partial charge in [0.1, 0.15) is 11.6 Å². The first-order valence-electron chi connectivity index (χ1n) is 6.46. The molecule has 0 fully saturated rings. The lowest BCUT2D eigenvalue weighted by molar-refractivity contribution is -0.117. The standard InChI is InChI=1S/C14H21FN2O2.ClH/c1-4-5-12(16)14(18)17-13-7-6-10(8-11(13)15)19-9(2)3;/h6-9,12H,4-5,16H2,1-3H3,(H,17,18);1H. The van der Waals surface area contributed by atoms with E-state index in [2.05, 4.69) is 5.32 Å². The molecule has 1 amide bonds. The van der Waals surface area contributed by atoms with E-state index in [1.165, 1.54) is 12.1 Å². The zero-order valence-electron chi connectivity index (χ0n) is 12.0. The van der Waals surface area contributed by atoms with Crippen molar-refractivity contribution in [2.75, 3.05) is 5.32 Å². The number of rotatable bonds is 6. The van der Waals surface area contributed by atoms with E-state index in [1.54, 1.807) is 6.07 Å². The summed E-state index contributed by atoms with van der Waals surface area (Å²) in [6, 6.07) is 3.73. The molecule has 114 valence electrons. The number of hydrogen-bond donors (Lipinski definition) is 2. The van der Waals surface area contributed by atoms with Crippen molar-refractivity contribution in [3.63, 3.8) is 0 Å². The maximum atomic E-state index is 13.8. The van der Waals surface area contributed by atoms with Crippen LogP contribution in [0.5, 0.6) is 5.75 Å². The molecule has 1 aromatic rings. The zero-order chi connectivity index (χ0) is 14.4. The molecule has 3 N–H and O–H groups in total. The Balaban J connectivity index is 0.00000361. The van der Waals surface area contributed by atoms with Crippen LogP contribution in [0.15, 0.2) is 18.2 Å². The van der Waals surface area contributed by atoms with Crippen LogP contribution in [0.3, 0.4) is 0 Å². The van der Waals surface area contributed by atoms with Gasteiger partial charge in [-0.25, -0.2) is 4.39 Å². The molecule has 20 heavy (non-hydrogen) atoms. The number of amides is 1. The molecule has 0 heterocycles. The number of nitrogens with one attached hydrogen (secondary N) is 1. The number of hydrogen-bond acceptors (Lipinski definition) is 3. The number of halogens is 2. The van der Waals surface area contributed by atoms with Crippen LogP contribution in [0.25, 0.3) is 0 Å². The normalized spacial score (nSPS) is 11.7. The quantitative estimate of drug-likeness (QED) is 0.849. The minimum Gasteiger partial charge on any atom is -0.491 e. The van der Waals surface area contributed by atoms with Crippen molar-refractivity contribution in [2.45, 2.75) is 45.8 Å². The van der Waals surface area contributed by atoms with E-state index in [9.17, 15) is 9.18 Å². The molecule has 0 radical (unpaired) electrons. The molecule has 0 saturated carbocycles. The van der Waals surface area contributed by atoms with Gasteiger partial charge in [0.2, 0.25) is 5.91 Å². The third-order valence-corrected chi connectivity index (χ3v) is 2.51. The molecule has 0 bridgehead atoms. The van der Waals surface area contributed by atoms with Gasteiger partial charge in [-0.1, -0.05) is 13.3 Å². The van der Waals surface area contributed by atoms with Crippen molar-refractivity contribution in [3.8, 4) is 5.75 Å². The van der Waals surface area contributed by atoms with E-state index in [0.717, 1.165) is 6.42 Å². The molecular weight excluding hydrogens is 283 g/mol. The Kier molecular flexibility index (Phi) is 8.18. The molecule has 0 spiro atoms. The Bertz CT molecular complexity index is 441. The fourth-order valence-corrected chi connectivity index (χ4v) is 1.61. The number of nitrogens with two attached hydrogens (primary N) is 1. The molecule has 1 unspecified atom stereocenters. The average Bonchev–Trinajstić information content (AvgIpc) is 2.32. The van der Waals surface area contributed by atoms with Crippen molar-refractivity contribution in [1.82, 2.24) is 0 Å². The van der Waals surface area contributed by atoms with E-state index >= 15 is 0 Å². The molecule has 1 atom stereocenters. The number of anilines is 1. The van der Waals surface area contributed by atoms with Crippen LogP contribution in [0.1, 0.15) is 33.6 Å². The second kappa shape index (κ2) is 8.76. The fourth-order valence-electron chi connectivity index (χ4n) is 1.61. The number of ether oxygens (including phenoxy) is 1. The lowest BCUT2D eigenvalue weighted by Crippen LogP contribution is -2.35. The van der Waals surface area contributed by atoms with E-state index in [1.807, 2.05) is 20.8 Å². The highest BCUT2D eigenvalue weighted by Crippen LogP contribution is 2.21. The van der Waals surface area contributed by atoms with E-state index in [4.69, 9.17) is 10.5 Å². The summed E-state index contributed by atoms with van der Waals surface area (Å²) in [5, 5.41) is 2.48. The Morgan fingerprint density at radius 1 is 1.45 bits per heavy atom. The van der Waals surface area contributed by atoms with Crippen molar-refractivity contribution in [2.24, 2.45) is 5.73 Å². The van der Waals surface area contributed by atoms with Crippen molar-refractivity contribution >= 4 is 24.0 Å². The van der Waals surface area contributed by atoms with Gasteiger partial charge in [0.05, 0.1) is 17.8 Å². The van der Waals surface area contributed by atoms with Crippen molar-refractivity contribution < 1.29 is 13.9 Å². The van der Waals surface area contributed by atoms with Crippen LogP contribution in [0.4, 0.5) is 10.1 Å². The highest BCUT2D eigenvalue weighted by atomic mass is 35.5. The third-order valence-electron chi connectivity index (χ3n) is 2.51. The lowest BCUT2D eigenvalue weighted by atomic mass is 10.1. The number of carbonyl (C=O) groups excluding carboxylic acids is 1. The SMILES string of the molecule is CCCC(N)C(=O)Nc1ccc(OC(C)C)cc1F.Cl. The Morgan fingerprint density at radius 3 is 2.60 bits per heavy atom. The van der Waals surface area contributed by atoms with Gasteiger partial charge in [0, 0.05) is 6.07 Å². The van der Waals surface area contributed by atoms with Gasteiger partial charge >= 0.3 is 0 Å². The topological polar surface area (TPSA) is 64.4 Å².